The van der Waals surface area contributed by atoms with Gasteiger partial charge in [0.15, 0.2) is 0 Å². The van der Waals surface area contributed by atoms with Crippen LogP contribution in [0, 0.1) is 10.1 Å². The maximum Gasteiger partial charge on any atom is 0.412 e. The Balaban J connectivity index is 2.33. The van der Waals surface area contributed by atoms with Crippen LogP contribution in [0.5, 0.6) is 0 Å². The first-order valence-corrected chi connectivity index (χ1v) is 8.40. The van der Waals surface area contributed by atoms with Gasteiger partial charge < -0.3 is 10.5 Å². The van der Waals surface area contributed by atoms with Gasteiger partial charge in [-0.2, -0.15) is 0 Å². The van der Waals surface area contributed by atoms with Gasteiger partial charge in [-0.1, -0.05) is 13.8 Å². The second-order valence-corrected chi connectivity index (χ2v) is 6.15. The molecule has 0 aliphatic carbocycles. The van der Waals surface area contributed by atoms with E-state index in [1.54, 1.807) is 6.07 Å². The van der Waals surface area contributed by atoms with E-state index >= 15 is 0 Å². The van der Waals surface area contributed by atoms with Crippen LogP contribution in [-0.2, 0) is 10.3 Å². The molecule has 1 aliphatic rings. The number of pyridine rings is 1. The Hall–Kier alpha value is -3.49. The number of nitrogens with zero attached hydrogens (tertiary/aromatic N) is 2. The molecular weight excluding hydrogens is 352 g/mol. The maximum absolute atomic E-state index is 13.0. The number of cyclic esters (lactones) is 1. The third kappa shape index (κ3) is 2.86. The van der Waals surface area contributed by atoms with Crippen molar-refractivity contribution in [1.29, 1.82) is 0 Å². The summed E-state index contributed by atoms with van der Waals surface area (Å²) >= 11 is 0. The number of hydrogen-bond acceptors (Lipinski definition) is 7. The molecule has 3 rings (SSSR count). The molecule has 0 atom stereocenters. The van der Waals surface area contributed by atoms with E-state index in [1.807, 2.05) is 13.8 Å². The van der Waals surface area contributed by atoms with Crippen LogP contribution in [0.2, 0.25) is 0 Å². The number of hydrogen-bond donors (Lipinski definition) is 2. The molecule has 0 bridgehead atoms. The molecule has 27 heavy (non-hydrogen) atoms. The van der Waals surface area contributed by atoms with Gasteiger partial charge in [-0.05, 0) is 25.0 Å². The molecule has 1 aromatic heterocycles. The number of ether oxygens (including phenoxy) is 1. The largest absolute Gasteiger partial charge is 0.438 e. The van der Waals surface area contributed by atoms with Gasteiger partial charge in [-0.15, -0.1) is 0 Å². The molecule has 140 valence electrons. The highest BCUT2D eigenvalue weighted by atomic mass is 16.6. The number of ketones is 1. The Morgan fingerprint density at radius 2 is 2.11 bits per heavy atom. The normalized spacial score (nSPS) is 14.7. The van der Waals surface area contributed by atoms with Crippen molar-refractivity contribution in [3.63, 3.8) is 0 Å². The summed E-state index contributed by atoms with van der Waals surface area (Å²) in [4.78, 5) is 39.8. The molecular formula is C18H18N4O5. The fourth-order valence-electron chi connectivity index (χ4n) is 3.41. The quantitative estimate of drug-likeness (QED) is 0.356. The molecule has 9 heteroatoms. The van der Waals surface area contributed by atoms with Crippen molar-refractivity contribution in [1.82, 2.24) is 4.98 Å². The van der Waals surface area contributed by atoms with Crippen LogP contribution >= 0.6 is 0 Å². The van der Waals surface area contributed by atoms with Crippen molar-refractivity contribution in [2.45, 2.75) is 32.3 Å². The van der Waals surface area contributed by atoms with E-state index in [2.05, 4.69) is 10.3 Å². The summed E-state index contributed by atoms with van der Waals surface area (Å²) in [5.41, 5.74) is 5.15. The molecule has 3 N–H and O–H groups in total. The Morgan fingerprint density at radius 1 is 1.41 bits per heavy atom. The van der Waals surface area contributed by atoms with Crippen LogP contribution < -0.4 is 11.1 Å². The summed E-state index contributed by atoms with van der Waals surface area (Å²) in [6.07, 6.45) is 2.88. The first kappa shape index (κ1) is 18.3. The lowest BCUT2D eigenvalue weighted by Gasteiger charge is -2.38. The fourth-order valence-corrected chi connectivity index (χ4v) is 3.41. The number of amides is 1. The van der Waals surface area contributed by atoms with Crippen LogP contribution in [0.25, 0.3) is 0 Å². The number of nitro groups is 1. The number of aromatic nitrogens is 1. The maximum atomic E-state index is 13.0. The molecule has 1 aromatic carbocycles. The van der Waals surface area contributed by atoms with Gasteiger partial charge in [0.05, 0.1) is 16.3 Å². The zero-order chi connectivity index (χ0) is 19.8. The van der Waals surface area contributed by atoms with E-state index in [9.17, 15) is 19.7 Å². The highest BCUT2D eigenvalue weighted by Gasteiger charge is 2.44. The molecule has 1 aliphatic heterocycles. The molecule has 0 spiro atoms. The number of fused-ring (bicyclic) bond motifs is 1. The molecule has 9 nitrogen and oxygen atoms in total. The lowest BCUT2D eigenvalue weighted by molar-refractivity contribution is -0.385. The molecule has 0 radical (unpaired) electrons. The standard InChI is InChI=1S/C18H18N4O5/c1-3-18(4-2)14-11(21-17(24)27-18)8-12(22(25)26)13(15(14)19)16(23)10-6-5-7-20-9-10/h5-9H,3-4,19H2,1-2H3,(H,21,24). The zero-order valence-electron chi connectivity index (χ0n) is 14.8. The molecule has 2 heterocycles. The van der Waals surface area contributed by atoms with E-state index in [-0.39, 0.29) is 22.5 Å². The minimum atomic E-state index is -1.07. The smallest absolute Gasteiger partial charge is 0.412 e. The lowest BCUT2D eigenvalue weighted by Crippen LogP contribution is -2.40. The zero-order valence-corrected chi connectivity index (χ0v) is 14.8. The lowest BCUT2D eigenvalue weighted by atomic mass is 9.82. The highest BCUT2D eigenvalue weighted by molar-refractivity contribution is 6.16. The van der Waals surface area contributed by atoms with Gasteiger partial charge in [0.1, 0.15) is 11.2 Å². The van der Waals surface area contributed by atoms with E-state index in [0.29, 0.717) is 18.4 Å². The molecule has 2 aromatic rings. The van der Waals surface area contributed by atoms with Crippen molar-refractivity contribution in [3.05, 3.63) is 57.4 Å². The van der Waals surface area contributed by atoms with E-state index in [1.165, 1.54) is 18.5 Å². The average Bonchev–Trinajstić information content (AvgIpc) is 2.66. The summed E-state index contributed by atoms with van der Waals surface area (Å²) in [7, 11) is 0. The monoisotopic (exact) mass is 370 g/mol. The predicted octanol–water partition coefficient (Wildman–Crippen LogP) is 3.38. The van der Waals surface area contributed by atoms with Gasteiger partial charge in [-0.3, -0.25) is 25.2 Å². The fraction of sp³-hybridized carbons (Fsp3) is 0.278. The van der Waals surface area contributed by atoms with E-state index in [4.69, 9.17) is 10.5 Å². The molecule has 1 amide bonds. The summed E-state index contributed by atoms with van der Waals surface area (Å²) in [6.45, 7) is 3.63. The number of carbonyl (C=O) groups excluding carboxylic acids is 2. The molecule has 0 saturated carbocycles. The molecule has 0 saturated heterocycles. The molecule has 0 fully saturated rings. The van der Waals surface area contributed by atoms with E-state index < -0.39 is 28.1 Å². The number of nitro benzene ring substituents is 1. The number of nitrogens with one attached hydrogen (secondary N) is 1. The van der Waals surface area contributed by atoms with Crippen LogP contribution in [0.4, 0.5) is 21.9 Å². The number of nitrogen functional groups attached to an aromatic ring is 1. The van der Waals surface area contributed by atoms with Crippen molar-refractivity contribution in [3.8, 4) is 0 Å². The van der Waals surface area contributed by atoms with Gasteiger partial charge in [0.2, 0.25) is 5.78 Å². The number of carbonyl (C=O) groups is 2. The highest BCUT2D eigenvalue weighted by Crippen LogP contribution is 2.48. The molecule has 0 unspecified atom stereocenters. The first-order chi connectivity index (χ1) is 12.8. The summed E-state index contributed by atoms with van der Waals surface area (Å²) in [5, 5.41) is 14.1. The SMILES string of the molecule is CCC1(CC)OC(=O)Nc2cc([N+](=O)[O-])c(C(=O)c3cccnc3)c(N)c21. The van der Waals surface area contributed by atoms with Crippen LogP contribution in [0.1, 0.15) is 48.2 Å². The minimum absolute atomic E-state index is 0.0725. The van der Waals surface area contributed by atoms with Gasteiger partial charge in [-0.25, -0.2) is 4.79 Å². The third-order valence-corrected chi connectivity index (χ3v) is 4.82. The number of benzene rings is 1. The Labute approximate surface area is 154 Å². The number of nitrogens with two attached hydrogens (primary N) is 1. The van der Waals surface area contributed by atoms with Gasteiger partial charge >= 0.3 is 6.09 Å². The van der Waals surface area contributed by atoms with Crippen molar-refractivity contribution in [2.24, 2.45) is 0 Å². The second-order valence-electron chi connectivity index (χ2n) is 6.15. The van der Waals surface area contributed by atoms with Crippen LogP contribution in [0.15, 0.2) is 30.6 Å². The first-order valence-electron chi connectivity index (χ1n) is 8.40. The Morgan fingerprint density at radius 3 is 2.67 bits per heavy atom. The average molecular weight is 370 g/mol. The summed E-state index contributed by atoms with van der Waals surface area (Å²) < 4.78 is 5.50. The minimum Gasteiger partial charge on any atom is -0.438 e. The summed E-state index contributed by atoms with van der Waals surface area (Å²) in [5.74, 6) is -0.617. The number of rotatable bonds is 5. The Kier molecular flexibility index (Phi) is 4.52. The van der Waals surface area contributed by atoms with Crippen molar-refractivity contribution >= 4 is 28.9 Å². The topological polar surface area (TPSA) is 137 Å². The summed E-state index contributed by atoms with van der Waals surface area (Å²) in [6, 6.07) is 4.22. The third-order valence-electron chi connectivity index (χ3n) is 4.82. The van der Waals surface area contributed by atoms with Gasteiger partial charge in [0.25, 0.3) is 5.69 Å². The van der Waals surface area contributed by atoms with Crippen molar-refractivity contribution < 1.29 is 19.2 Å². The van der Waals surface area contributed by atoms with Gasteiger partial charge in [0, 0.05) is 29.6 Å². The van der Waals surface area contributed by atoms with Crippen molar-refractivity contribution in [2.75, 3.05) is 11.1 Å². The Bertz CT molecular complexity index is 939. The predicted molar refractivity (Wildman–Crippen MR) is 97.5 cm³/mol. The second kappa shape index (κ2) is 6.67. The van der Waals surface area contributed by atoms with E-state index in [0.717, 1.165) is 6.07 Å². The van der Waals surface area contributed by atoms with Crippen LogP contribution in [-0.4, -0.2) is 21.8 Å². The van der Waals surface area contributed by atoms with Crippen LogP contribution in [0.3, 0.4) is 0 Å². The number of anilines is 2.